The van der Waals surface area contributed by atoms with Crippen LogP contribution in [0, 0.1) is 5.92 Å². The first-order valence-electron chi connectivity index (χ1n) is 10.4. The van der Waals surface area contributed by atoms with Crippen molar-refractivity contribution in [1.29, 1.82) is 0 Å². The van der Waals surface area contributed by atoms with Crippen molar-refractivity contribution < 1.29 is 9.59 Å². The lowest BCUT2D eigenvalue weighted by atomic mass is 10.1. The molecular weight excluding hydrogens is 340 g/mol. The van der Waals surface area contributed by atoms with Gasteiger partial charge in [0, 0.05) is 64.1 Å². The molecule has 1 aliphatic carbocycles. The number of aromatic nitrogens is 1. The van der Waals surface area contributed by atoms with Gasteiger partial charge in [-0.05, 0) is 30.9 Å². The Balaban J connectivity index is 1.31. The van der Waals surface area contributed by atoms with Crippen molar-refractivity contribution in [1.82, 2.24) is 19.7 Å². The van der Waals surface area contributed by atoms with Gasteiger partial charge >= 0.3 is 0 Å². The maximum atomic E-state index is 13.0. The van der Waals surface area contributed by atoms with Crippen molar-refractivity contribution in [3.63, 3.8) is 0 Å². The molecule has 2 aliphatic heterocycles. The molecule has 146 valence electrons. The Hall–Kier alpha value is -1.95. The lowest BCUT2D eigenvalue weighted by Gasteiger charge is -2.26. The van der Waals surface area contributed by atoms with Gasteiger partial charge in [-0.2, -0.15) is 0 Å². The lowest BCUT2D eigenvalue weighted by Crippen LogP contribution is -2.40. The SMILES string of the molecule is O=C([C@H]1CC(=O)N(C2CCCC2)C1)N1CCCN(Cc2cccnc2)CC1. The Morgan fingerprint density at radius 1 is 1.11 bits per heavy atom. The minimum absolute atomic E-state index is 0.136. The zero-order valence-electron chi connectivity index (χ0n) is 16.1. The minimum Gasteiger partial charge on any atom is -0.341 e. The van der Waals surface area contributed by atoms with E-state index in [1.54, 1.807) is 6.20 Å². The molecule has 0 spiro atoms. The first-order chi connectivity index (χ1) is 13.2. The van der Waals surface area contributed by atoms with Crippen LogP contribution in [0.15, 0.2) is 24.5 Å². The molecule has 3 heterocycles. The van der Waals surface area contributed by atoms with E-state index in [-0.39, 0.29) is 17.7 Å². The highest BCUT2D eigenvalue weighted by atomic mass is 16.2. The number of hydrogen-bond donors (Lipinski definition) is 0. The first kappa shape index (κ1) is 18.4. The highest BCUT2D eigenvalue weighted by Crippen LogP contribution is 2.30. The van der Waals surface area contributed by atoms with Gasteiger partial charge in [-0.15, -0.1) is 0 Å². The van der Waals surface area contributed by atoms with Gasteiger partial charge in [-0.1, -0.05) is 18.9 Å². The van der Waals surface area contributed by atoms with Crippen molar-refractivity contribution in [3.8, 4) is 0 Å². The molecule has 2 saturated heterocycles. The van der Waals surface area contributed by atoms with Crippen molar-refractivity contribution >= 4 is 11.8 Å². The predicted molar refractivity (Wildman–Crippen MR) is 103 cm³/mol. The van der Waals surface area contributed by atoms with Crippen LogP contribution in [-0.4, -0.2) is 70.3 Å². The van der Waals surface area contributed by atoms with Crippen LogP contribution in [0.4, 0.5) is 0 Å². The number of likely N-dealkylation sites (tertiary alicyclic amines) is 1. The van der Waals surface area contributed by atoms with Crippen LogP contribution in [0.1, 0.15) is 44.1 Å². The van der Waals surface area contributed by atoms with Crippen LogP contribution in [0.25, 0.3) is 0 Å². The molecule has 0 bridgehead atoms. The lowest BCUT2D eigenvalue weighted by molar-refractivity contribution is -0.135. The highest BCUT2D eigenvalue weighted by molar-refractivity contribution is 5.89. The predicted octanol–water partition coefficient (Wildman–Crippen LogP) is 1.91. The van der Waals surface area contributed by atoms with E-state index in [9.17, 15) is 9.59 Å². The summed E-state index contributed by atoms with van der Waals surface area (Å²) < 4.78 is 0. The maximum Gasteiger partial charge on any atom is 0.228 e. The molecule has 3 fully saturated rings. The normalized spacial score (nSPS) is 25.2. The van der Waals surface area contributed by atoms with Gasteiger partial charge in [0.05, 0.1) is 5.92 Å². The number of carbonyl (C=O) groups excluding carboxylic acids is 2. The van der Waals surface area contributed by atoms with Gasteiger partial charge in [0.2, 0.25) is 11.8 Å². The number of nitrogens with zero attached hydrogens (tertiary/aromatic N) is 4. The second kappa shape index (κ2) is 8.38. The molecular formula is C21H30N4O2. The Labute approximate surface area is 161 Å². The van der Waals surface area contributed by atoms with Crippen molar-refractivity contribution in [3.05, 3.63) is 30.1 Å². The molecule has 2 amide bonds. The van der Waals surface area contributed by atoms with Crippen LogP contribution < -0.4 is 0 Å². The number of amides is 2. The molecule has 27 heavy (non-hydrogen) atoms. The van der Waals surface area contributed by atoms with Crippen LogP contribution in [0.5, 0.6) is 0 Å². The summed E-state index contributed by atoms with van der Waals surface area (Å²) >= 11 is 0. The summed E-state index contributed by atoms with van der Waals surface area (Å²) in [6, 6.07) is 4.45. The maximum absolute atomic E-state index is 13.0. The molecule has 0 N–H and O–H groups in total. The van der Waals surface area contributed by atoms with Gasteiger partial charge in [0.1, 0.15) is 0 Å². The molecule has 1 aromatic rings. The smallest absolute Gasteiger partial charge is 0.228 e. The molecule has 1 saturated carbocycles. The third-order valence-electron chi connectivity index (χ3n) is 6.30. The van der Waals surface area contributed by atoms with Crippen molar-refractivity contribution in [2.75, 3.05) is 32.7 Å². The Bertz CT molecular complexity index is 659. The average molecular weight is 370 g/mol. The fourth-order valence-electron chi connectivity index (χ4n) is 4.82. The zero-order valence-corrected chi connectivity index (χ0v) is 16.1. The summed E-state index contributed by atoms with van der Waals surface area (Å²) in [5.74, 6) is 0.239. The summed E-state index contributed by atoms with van der Waals surface area (Å²) in [7, 11) is 0. The molecule has 0 aromatic carbocycles. The molecule has 6 heteroatoms. The fourth-order valence-corrected chi connectivity index (χ4v) is 4.82. The monoisotopic (exact) mass is 370 g/mol. The molecule has 1 aromatic heterocycles. The number of carbonyl (C=O) groups is 2. The molecule has 0 radical (unpaired) electrons. The highest BCUT2D eigenvalue weighted by Gasteiger charge is 2.40. The van der Waals surface area contributed by atoms with E-state index in [1.807, 2.05) is 22.1 Å². The fraction of sp³-hybridized carbons (Fsp3) is 0.667. The van der Waals surface area contributed by atoms with Crippen LogP contribution in [-0.2, 0) is 16.1 Å². The standard InChI is InChI=1S/C21H30N4O2/c26-20-13-18(16-25(20)19-6-1-2-7-19)21(27)24-10-4-9-23(11-12-24)15-17-5-3-8-22-14-17/h3,5,8,14,18-19H,1-2,4,6-7,9-13,15-16H2/t18-/m0/s1. The van der Waals surface area contributed by atoms with E-state index in [1.165, 1.54) is 18.4 Å². The summed E-state index contributed by atoms with van der Waals surface area (Å²) in [5, 5.41) is 0. The van der Waals surface area contributed by atoms with Crippen LogP contribution >= 0.6 is 0 Å². The largest absolute Gasteiger partial charge is 0.341 e. The Morgan fingerprint density at radius 2 is 1.96 bits per heavy atom. The molecule has 3 aliphatic rings. The Kier molecular flexibility index (Phi) is 5.72. The van der Waals surface area contributed by atoms with Gasteiger partial charge < -0.3 is 9.80 Å². The number of hydrogen-bond acceptors (Lipinski definition) is 4. The van der Waals surface area contributed by atoms with Crippen molar-refractivity contribution in [2.45, 2.75) is 51.1 Å². The minimum atomic E-state index is -0.136. The van der Waals surface area contributed by atoms with Crippen LogP contribution in [0.2, 0.25) is 0 Å². The second-order valence-corrected chi connectivity index (χ2v) is 8.20. The zero-order chi connectivity index (χ0) is 18.6. The Morgan fingerprint density at radius 3 is 2.74 bits per heavy atom. The first-order valence-corrected chi connectivity index (χ1v) is 10.4. The second-order valence-electron chi connectivity index (χ2n) is 8.20. The van der Waals surface area contributed by atoms with E-state index in [0.29, 0.717) is 19.0 Å². The van der Waals surface area contributed by atoms with E-state index in [4.69, 9.17) is 0 Å². The molecule has 0 unspecified atom stereocenters. The molecule has 6 nitrogen and oxygen atoms in total. The number of pyridine rings is 1. The summed E-state index contributed by atoms with van der Waals surface area (Å²) in [5.41, 5.74) is 1.21. The van der Waals surface area contributed by atoms with Gasteiger partial charge in [-0.25, -0.2) is 0 Å². The third kappa shape index (κ3) is 4.32. The van der Waals surface area contributed by atoms with E-state index in [0.717, 1.165) is 52.0 Å². The number of rotatable bonds is 4. The average Bonchev–Trinajstić information content (AvgIpc) is 3.28. The summed E-state index contributed by atoms with van der Waals surface area (Å²) in [6.07, 6.45) is 9.75. The van der Waals surface area contributed by atoms with Gasteiger partial charge in [0.25, 0.3) is 0 Å². The van der Waals surface area contributed by atoms with Crippen molar-refractivity contribution in [2.24, 2.45) is 5.92 Å². The molecule has 1 atom stereocenters. The summed E-state index contributed by atoms with van der Waals surface area (Å²) in [6.45, 7) is 4.96. The third-order valence-corrected chi connectivity index (χ3v) is 6.30. The van der Waals surface area contributed by atoms with E-state index >= 15 is 0 Å². The topological polar surface area (TPSA) is 56.8 Å². The van der Waals surface area contributed by atoms with E-state index < -0.39 is 0 Å². The van der Waals surface area contributed by atoms with E-state index in [2.05, 4.69) is 16.0 Å². The summed E-state index contributed by atoms with van der Waals surface area (Å²) in [4.78, 5) is 36.1. The van der Waals surface area contributed by atoms with Gasteiger partial charge in [-0.3, -0.25) is 19.5 Å². The van der Waals surface area contributed by atoms with Gasteiger partial charge in [0.15, 0.2) is 0 Å². The van der Waals surface area contributed by atoms with Crippen LogP contribution in [0.3, 0.4) is 0 Å². The molecule has 4 rings (SSSR count). The quantitative estimate of drug-likeness (QED) is 0.812.